The number of methoxy groups -OCH3 is 1. The van der Waals surface area contributed by atoms with E-state index in [-0.39, 0.29) is 18.2 Å². The van der Waals surface area contributed by atoms with E-state index in [9.17, 15) is 14.7 Å². The minimum absolute atomic E-state index is 0.147. The quantitative estimate of drug-likeness (QED) is 0.466. The highest BCUT2D eigenvalue weighted by molar-refractivity contribution is 7.99. The van der Waals surface area contributed by atoms with E-state index >= 15 is 0 Å². The molecule has 26 heavy (non-hydrogen) atoms. The molecule has 0 bridgehead atoms. The largest absolute Gasteiger partial charge is 0.465 e. The van der Waals surface area contributed by atoms with Gasteiger partial charge in [0.2, 0.25) is 0 Å². The van der Waals surface area contributed by atoms with Crippen LogP contribution in [0.4, 0.5) is 0 Å². The van der Waals surface area contributed by atoms with Crippen molar-refractivity contribution >= 4 is 28.6 Å². The standard InChI is InChI=1S/C18H22N2O5S/c1-11(21)9-20-16(22)14-6-5-12(17(23)24-2)8-15(14)19-18(20)26-10-13-4-3-7-25-13/h5-6,8,11,13,21H,3-4,7,9-10H2,1-2H3/t11-,13+/m0/s1. The van der Waals surface area contributed by atoms with Gasteiger partial charge in [-0.2, -0.15) is 0 Å². The average Bonchev–Trinajstić information content (AvgIpc) is 3.14. The number of hydrogen-bond acceptors (Lipinski definition) is 7. The summed E-state index contributed by atoms with van der Waals surface area (Å²) in [6.07, 6.45) is 1.50. The molecule has 140 valence electrons. The Balaban J connectivity index is 2.02. The Hall–Kier alpha value is -1.90. The van der Waals surface area contributed by atoms with Crippen LogP contribution in [0, 0.1) is 0 Å². The molecule has 1 aromatic heterocycles. The molecule has 1 saturated heterocycles. The van der Waals surface area contributed by atoms with Gasteiger partial charge in [0.1, 0.15) is 0 Å². The second-order valence-corrected chi connectivity index (χ2v) is 7.32. The van der Waals surface area contributed by atoms with Crippen LogP contribution in [0.2, 0.25) is 0 Å². The number of hydrogen-bond donors (Lipinski definition) is 1. The van der Waals surface area contributed by atoms with E-state index in [0.29, 0.717) is 27.4 Å². The summed E-state index contributed by atoms with van der Waals surface area (Å²) >= 11 is 1.43. The van der Waals surface area contributed by atoms with Gasteiger partial charge in [0.15, 0.2) is 5.16 Å². The normalized spacial score (nSPS) is 18.2. The zero-order valence-corrected chi connectivity index (χ0v) is 15.6. The third-order valence-corrected chi connectivity index (χ3v) is 5.32. The molecule has 0 spiro atoms. The lowest BCUT2D eigenvalue weighted by molar-refractivity contribution is 0.0601. The second kappa shape index (κ2) is 8.20. The van der Waals surface area contributed by atoms with Gasteiger partial charge in [0.05, 0.1) is 42.3 Å². The van der Waals surface area contributed by atoms with Crippen molar-refractivity contribution in [1.82, 2.24) is 9.55 Å². The third-order valence-electron chi connectivity index (χ3n) is 4.21. The lowest BCUT2D eigenvalue weighted by Crippen LogP contribution is -2.28. The molecule has 7 nitrogen and oxygen atoms in total. The van der Waals surface area contributed by atoms with E-state index in [1.807, 2.05) is 0 Å². The van der Waals surface area contributed by atoms with Gasteiger partial charge in [0, 0.05) is 12.4 Å². The molecule has 0 radical (unpaired) electrons. The van der Waals surface area contributed by atoms with E-state index in [1.165, 1.54) is 23.4 Å². The first kappa shape index (κ1) is 18.9. The van der Waals surface area contributed by atoms with Gasteiger partial charge in [-0.15, -0.1) is 0 Å². The summed E-state index contributed by atoms with van der Waals surface area (Å²) in [5.41, 5.74) is 0.548. The predicted molar refractivity (Wildman–Crippen MR) is 98.7 cm³/mol. The van der Waals surface area contributed by atoms with Crippen molar-refractivity contribution in [2.45, 2.75) is 43.7 Å². The summed E-state index contributed by atoms with van der Waals surface area (Å²) in [6, 6.07) is 4.68. The maximum Gasteiger partial charge on any atom is 0.337 e. The number of nitrogens with zero attached hydrogens (tertiary/aromatic N) is 2. The van der Waals surface area contributed by atoms with Crippen LogP contribution in [0.25, 0.3) is 10.9 Å². The van der Waals surface area contributed by atoms with Crippen molar-refractivity contribution in [3.63, 3.8) is 0 Å². The molecule has 8 heteroatoms. The number of esters is 1. The van der Waals surface area contributed by atoms with E-state index < -0.39 is 12.1 Å². The lowest BCUT2D eigenvalue weighted by Gasteiger charge is -2.16. The van der Waals surface area contributed by atoms with Gasteiger partial charge in [-0.25, -0.2) is 9.78 Å². The molecule has 0 aliphatic carbocycles. The number of ether oxygens (including phenoxy) is 2. The van der Waals surface area contributed by atoms with Gasteiger partial charge in [-0.1, -0.05) is 11.8 Å². The fourth-order valence-electron chi connectivity index (χ4n) is 2.92. The topological polar surface area (TPSA) is 90.7 Å². The number of aliphatic hydroxyl groups is 1. The van der Waals surface area contributed by atoms with Crippen molar-refractivity contribution in [3.05, 3.63) is 34.1 Å². The van der Waals surface area contributed by atoms with Crippen molar-refractivity contribution < 1.29 is 19.4 Å². The molecule has 1 fully saturated rings. The van der Waals surface area contributed by atoms with Gasteiger partial charge in [-0.05, 0) is 38.0 Å². The van der Waals surface area contributed by atoms with Crippen LogP contribution in [0.1, 0.15) is 30.1 Å². The Labute approximate surface area is 155 Å². The van der Waals surface area contributed by atoms with Crippen LogP contribution in [-0.4, -0.2) is 52.3 Å². The predicted octanol–water partition coefficient (Wildman–Crippen LogP) is 1.83. The number of aliphatic hydroxyl groups excluding tert-OH is 1. The molecule has 0 saturated carbocycles. The fourth-order valence-corrected chi connectivity index (χ4v) is 4.00. The number of carbonyl (C=O) groups is 1. The monoisotopic (exact) mass is 378 g/mol. The Bertz CT molecular complexity index is 859. The summed E-state index contributed by atoms with van der Waals surface area (Å²) in [6.45, 7) is 2.55. The molecule has 2 atom stereocenters. The molecule has 1 aliphatic rings. The molecule has 2 aromatic rings. The summed E-state index contributed by atoms with van der Waals surface area (Å²) in [5, 5.41) is 10.7. The number of carbonyl (C=O) groups excluding carboxylic acids is 1. The van der Waals surface area contributed by atoms with E-state index in [1.54, 1.807) is 25.1 Å². The highest BCUT2D eigenvalue weighted by Gasteiger charge is 2.19. The summed E-state index contributed by atoms with van der Waals surface area (Å²) < 4.78 is 11.9. The average molecular weight is 378 g/mol. The molecule has 3 rings (SSSR count). The van der Waals surface area contributed by atoms with Gasteiger partial charge in [-0.3, -0.25) is 9.36 Å². The molecule has 1 N–H and O–H groups in total. The zero-order chi connectivity index (χ0) is 18.7. The Morgan fingerprint density at radius 2 is 2.35 bits per heavy atom. The highest BCUT2D eigenvalue weighted by atomic mass is 32.2. The van der Waals surface area contributed by atoms with Gasteiger partial charge < -0.3 is 14.6 Å². The number of aromatic nitrogens is 2. The van der Waals surface area contributed by atoms with Crippen LogP contribution in [0.5, 0.6) is 0 Å². The van der Waals surface area contributed by atoms with Crippen molar-refractivity contribution in [1.29, 1.82) is 0 Å². The minimum Gasteiger partial charge on any atom is -0.465 e. The van der Waals surface area contributed by atoms with Crippen LogP contribution in [0.15, 0.2) is 28.2 Å². The first-order valence-corrected chi connectivity index (χ1v) is 9.53. The number of fused-ring (bicyclic) bond motifs is 1. The smallest absolute Gasteiger partial charge is 0.337 e. The Morgan fingerprint density at radius 1 is 1.54 bits per heavy atom. The van der Waals surface area contributed by atoms with Gasteiger partial charge >= 0.3 is 5.97 Å². The van der Waals surface area contributed by atoms with Crippen LogP contribution in [-0.2, 0) is 16.0 Å². The maximum absolute atomic E-state index is 12.9. The molecule has 2 heterocycles. The lowest BCUT2D eigenvalue weighted by atomic mass is 10.1. The highest BCUT2D eigenvalue weighted by Crippen LogP contribution is 2.24. The first-order chi connectivity index (χ1) is 12.5. The van der Waals surface area contributed by atoms with E-state index in [4.69, 9.17) is 9.47 Å². The number of benzene rings is 1. The first-order valence-electron chi connectivity index (χ1n) is 8.55. The zero-order valence-electron chi connectivity index (χ0n) is 14.8. The van der Waals surface area contributed by atoms with Crippen LogP contribution in [0.3, 0.4) is 0 Å². The summed E-state index contributed by atoms with van der Waals surface area (Å²) in [7, 11) is 1.31. The third kappa shape index (κ3) is 4.08. The molecule has 0 unspecified atom stereocenters. The summed E-state index contributed by atoms with van der Waals surface area (Å²) in [5.74, 6) is 0.212. The molecular weight excluding hydrogens is 356 g/mol. The van der Waals surface area contributed by atoms with Crippen molar-refractivity contribution in [3.8, 4) is 0 Å². The molecule has 0 amide bonds. The molecule has 1 aromatic carbocycles. The Kier molecular flexibility index (Phi) is 5.95. The second-order valence-electron chi connectivity index (χ2n) is 6.33. The maximum atomic E-state index is 12.9. The summed E-state index contributed by atoms with van der Waals surface area (Å²) in [4.78, 5) is 29.2. The number of rotatable bonds is 6. The van der Waals surface area contributed by atoms with Crippen LogP contribution < -0.4 is 5.56 Å². The van der Waals surface area contributed by atoms with E-state index in [2.05, 4.69) is 4.98 Å². The number of thioether (sulfide) groups is 1. The SMILES string of the molecule is COC(=O)c1ccc2c(=O)n(C[C@H](C)O)c(SC[C@H]3CCCO3)nc2c1. The molecule has 1 aliphatic heterocycles. The van der Waals surface area contributed by atoms with Crippen molar-refractivity contribution in [2.24, 2.45) is 0 Å². The Morgan fingerprint density at radius 3 is 3.00 bits per heavy atom. The van der Waals surface area contributed by atoms with E-state index in [0.717, 1.165) is 19.4 Å². The minimum atomic E-state index is -0.677. The fraction of sp³-hybridized carbons (Fsp3) is 0.500. The molecular formula is C18H22N2O5S. The van der Waals surface area contributed by atoms with Crippen molar-refractivity contribution in [2.75, 3.05) is 19.5 Å². The van der Waals surface area contributed by atoms with Crippen LogP contribution >= 0.6 is 11.8 Å². The van der Waals surface area contributed by atoms with Gasteiger partial charge in [0.25, 0.3) is 5.56 Å².